The first kappa shape index (κ1) is 20.4. The van der Waals surface area contributed by atoms with Crippen molar-refractivity contribution in [2.75, 3.05) is 0 Å². The second-order valence-electron chi connectivity index (χ2n) is 9.83. The largest absolute Gasteiger partial charge is 0.472 e. The van der Waals surface area contributed by atoms with Crippen molar-refractivity contribution in [3.05, 3.63) is 71.9 Å². The molecule has 1 aromatic carbocycles. The van der Waals surface area contributed by atoms with Crippen LogP contribution in [0.2, 0.25) is 0 Å². The second kappa shape index (κ2) is 8.28. The zero-order valence-electron chi connectivity index (χ0n) is 18.4. The molecule has 1 amide bonds. The number of carbonyl (C=O) groups is 1. The third kappa shape index (κ3) is 3.90. The molecule has 2 aromatic heterocycles. The molecule has 3 aromatic rings. The van der Waals surface area contributed by atoms with Gasteiger partial charge in [-0.1, -0.05) is 0 Å². The molecule has 4 saturated carbocycles. The molecule has 0 saturated heterocycles. The number of hydrogen-bond acceptors (Lipinski definition) is 4. The minimum absolute atomic E-state index is 0.148. The Bertz CT molecular complexity index is 1120. The van der Waals surface area contributed by atoms with Crippen LogP contribution in [0, 0.1) is 29.5 Å². The fourth-order valence-corrected chi connectivity index (χ4v) is 6.42. The van der Waals surface area contributed by atoms with Gasteiger partial charge in [0.05, 0.1) is 11.9 Å². The molecule has 0 atom stereocenters. The normalized spacial score (nSPS) is 27.5. The fraction of sp³-hybridized carbons (Fsp3) is 0.423. The van der Waals surface area contributed by atoms with Gasteiger partial charge in [-0.2, -0.15) is 5.10 Å². The molecule has 0 radical (unpaired) electrons. The molecule has 6 nitrogen and oxygen atoms in total. The summed E-state index contributed by atoms with van der Waals surface area (Å²) in [6, 6.07) is 9.96. The zero-order valence-corrected chi connectivity index (χ0v) is 18.4. The van der Waals surface area contributed by atoms with Crippen LogP contribution in [0.25, 0.3) is 5.69 Å². The lowest BCUT2D eigenvalue weighted by molar-refractivity contribution is -0.0120. The van der Waals surface area contributed by atoms with Gasteiger partial charge in [0.2, 0.25) is 5.88 Å². The highest BCUT2D eigenvalue weighted by atomic mass is 19.1. The second-order valence-corrected chi connectivity index (χ2v) is 9.83. The molecule has 4 aliphatic carbocycles. The summed E-state index contributed by atoms with van der Waals surface area (Å²) in [4.78, 5) is 17.5. The van der Waals surface area contributed by atoms with Gasteiger partial charge in [-0.15, -0.1) is 0 Å². The van der Waals surface area contributed by atoms with Crippen molar-refractivity contribution in [3.63, 3.8) is 0 Å². The average Bonchev–Trinajstić information content (AvgIpc) is 3.25. The Kier molecular flexibility index (Phi) is 5.12. The van der Waals surface area contributed by atoms with E-state index in [0.29, 0.717) is 29.0 Å². The van der Waals surface area contributed by atoms with E-state index in [4.69, 9.17) is 4.74 Å². The topological polar surface area (TPSA) is 69.0 Å². The van der Waals surface area contributed by atoms with Gasteiger partial charge in [-0.25, -0.2) is 9.07 Å². The van der Waals surface area contributed by atoms with Crippen molar-refractivity contribution in [2.24, 2.45) is 23.7 Å². The lowest BCUT2D eigenvalue weighted by Crippen LogP contribution is -2.55. The van der Waals surface area contributed by atoms with Gasteiger partial charge in [0.25, 0.3) is 5.91 Å². The summed E-state index contributed by atoms with van der Waals surface area (Å²) < 4.78 is 21.2. The van der Waals surface area contributed by atoms with E-state index < -0.39 is 0 Å². The Morgan fingerprint density at radius 3 is 2.33 bits per heavy atom. The summed E-state index contributed by atoms with van der Waals surface area (Å²) in [5.74, 6) is 2.75. The summed E-state index contributed by atoms with van der Waals surface area (Å²) in [5.41, 5.74) is 1.97. The van der Waals surface area contributed by atoms with Crippen LogP contribution in [0.15, 0.2) is 55.0 Å². The first-order chi connectivity index (χ1) is 16.1. The number of aromatic nitrogens is 3. The van der Waals surface area contributed by atoms with Crippen molar-refractivity contribution < 1.29 is 13.9 Å². The maximum absolute atomic E-state index is 13.5. The standard InChI is InChI=1S/C26H27FN4O2/c27-21-1-3-22(4-2-21)31-26(33-15-16-5-7-28-8-6-16)23(14-29-31)25(32)30-24-19-10-17-9-18(12-19)13-20(24)11-17/h1-8,14,17-20,24H,9-13,15H2,(H,30,32). The summed E-state index contributed by atoms with van der Waals surface area (Å²) in [7, 11) is 0. The van der Waals surface area contributed by atoms with Crippen molar-refractivity contribution >= 4 is 5.91 Å². The molecule has 7 heteroatoms. The lowest BCUT2D eigenvalue weighted by atomic mass is 9.54. The van der Waals surface area contributed by atoms with Crippen LogP contribution in [-0.2, 0) is 6.61 Å². The highest BCUT2D eigenvalue weighted by Crippen LogP contribution is 2.53. The van der Waals surface area contributed by atoms with Gasteiger partial charge in [-0.3, -0.25) is 9.78 Å². The van der Waals surface area contributed by atoms with Crippen LogP contribution in [0.1, 0.15) is 48.0 Å². The Hall–Kier alpha value is -3.22. The third-order valence-corrected chi connectivity index (χ3v) is 7.69. The number of benzene rings is 1. The molecule has 1 N–H and O–H groups in total. The Balaban J connectivity index is 1.27. The quantitative estimate of drug-likeness (QED) is 0.604. The van der Waals surface area contributed by atoms with E-state index in [0.717, 1.165) is 17.4 Å². The van der Waals surface area contributed by atoms with Gasteiger partial charge >= 0.3 is 0 Å². The lowest BCUT2D eigenvalue weighted by Gasteiger charge is -2.54. The molecule has 0 aliphatic heterocycles. The monoisotopic (exact) mass is 446 g/mol. The van der Waals surface area contributed by atoms with Crippen molar-refractivity contribution in [1.82, 2.24) is 20.1 Å². The highest BCUT2D eigenvalue weighted by Gasteiger charge is 2.48. The third-order valence-electron chi connectivity index (χ3n) is 7.69. The minimum atomic E-state index is -0.329. The zero-order chi connectivity index (χ0) is 22.4. The molecule has 4 bridgehead atoms. The maximum Gasteiger partial charge on any atom is 0.258 e. The number of rotatable bonds is 6. The molecule has 7 rings (SSSR count). The SMILES string of the molecule is O=C(NC1C2CC3CC(C2)CC1C3)c1cnn(-c2ccc(F)cc2)c1OCc1ccncc1. The molecule has 4 fully saturated rings. The predicted molar refractivity (Wildman–Crippen MR) is 120 cm³/mol. The van der Waals surface area contributed by atoms with Crippen LogP contribution in [0.5, 0.6) is 5.88 Å². The van der Waals surface area contributed by atoms with E-state index in [1.807, 2.05) is 12.1 Å². The number of amides is 1. The van der Waals surface area contributed by atoms with Gasteiger partial charge in [0.15, 0.2) is 0 Å². The van der Waals surface area contributed by atoms with Crippen molar-refractivity contribution in [2.45, 2.75) is 44.8 Å². The molecule has 4 aliphatic rings. The maximum atomic E-state index is 13.5. The summed E-state index contributed by atoms with van der Waals surface area (Å²) in [6.07, 6.45) is 11.3. The Morgan fingerprint density at radius 2 is 1.67 bits per heavy atom. The van der Waals surface area contributed by atoms with Crippen LogP contribution in [0.3, 0.4) is 0 Å². The number of carbonyl (C=O) groups excluding carboxylic acids is 1. The number of nitrogens with zero attached hydrogens (tertiary/aromatic N) is 3. The van der Waals surface area contributed by atoms with Crippen LogP contribution >= 0.6 is 0 Å². The highest BCUT2D eigenvalue weighted by molar-refractivity contribution is 5.96. The van der Waals surface area contributed by atoms with E-state index in [1.54, 1.807) is 35.4 Å². The first-order valence-corrected chi connectivity index (χ1v) is 11.8. The number of ether oxygens (including phenoxy) is 1. The van der Waals surface area contributed by atoms with Gasteiger partial charge in [0.1, 0.15) is 18.0 Å². The summed E-state index contributed by atoms with van der Waals surface area (Å²) >= 11 is 0. The molecule has 0 unspecified atom stereocenters. The molecule has 33 heavy (non-hydrogen) atoms. The van der Waals surface area contributed by atoms with Crippen LogP contribution in [0.4, 0.5) is 4.39 Å². The van der Waals surface area contributed by atoms with Crippen molar-refractivity contribution in [3.8, 4) is 11.6 Å². The summed E-state index contributed by atoms with van der Waals surface area (Å²) in [5, 5.41) is 7.78. The minimum Gasteiger partial charge on any atom is -0.472 e. The number of nitrogens with one attached hydrogen (secondary N) is 1. The van der Waals surface area contributed by atoms with E-state index >= 15 is 0 Å². The molecule has 0 spiro atoms. The van der Waals surface area contributed by atoms with Gasteiger partial charge in [-0.05, 0) is 97.7 Å². The molecular formula is C26H27FN4O2. The molecule has 2 heterocycles. The first-order valence-electron chi connectivity index (χ1n) is 11.8. The Morgan fingerprint density at radius 1 is 1.00 bits per heavy atom. The average molecular weight is 447 g/mol. The van der Waals surface area contributed by atoms with E-state index in [1.165, 1.54) is 44.2 Å². The fourth-order valence-electron chi connectivity index (χ4n) is 6.42. The van der Waals surface area contributed by atoms with Gasteiger partial charge in [0, 0.05) is 18.4 Å². The number of pyridine rings is 1. The molecule has 170 valence electrons. The predicted octanol–water partition coefficient (Wildman–Crippen LogP) is 4.54. The number of halogens is 1. The summed E-state index contributed by atoms with van der Waals surface area (Å²) in [6.45, 7) is 0.272. The van der Waals surface area contributed by atoms with Crippen molar-refractivity contribution in [1.29, 1.82) is 0 Å². The van der Waals surface area contributed by atoms with E-state index in [-0.39, 0.29) is 24.4 Å². The smallest absolute Gasteiger partial charge is 0.258 e. The van der Waals surface area contributed by atoms with Gasteiger partial charge < -0.3 is 10.1 Å². The van der Waals surface area contributed by atoms with Crippen LogP contribution in [-0.4, -0.2) is 26.7 Å². The van der Waals surface area contributed by atoms with E-state index in [9.17, 15) is 9.18 Å². The Labute approximate surface area is 192 Å². The molecular weight excluding hydrogens is 419 g/mol. The van der Waals surface area contributed by atoms with Crippen LogP contribution < -0.4 is 10.1 Å². The number of hydrogen-bond donors (Lipinski definition) is 1. The van der Waals surface area contributed by atoms with E-state index in [2.05, 4.69) is 15.4 Å².